The van der Waals surface area contributed by atoms with Crippen LogP contribution in [0.3, 0.4) is 0 Å². The normalized spacial score (nSPS) is 10.8. The molecule has 0 radical (unpaired) electrons. The minimum Gasteiger partial charge on any atom is -0.396 e. The summed E-state index contributed by atoms with van der Waals surface area (Å²) in [5.41, 5.74) is 8.45. The lowest BCUT2D eigenvalue weighted by molar-refractivity contribution is 0.633. The van der Waals surface area contributed by atoms with Crippen LogP contribution in [0.5, 0.6) is 0 Å². The maximum atomic E-state index is 13.4. The van der Waals surface area contributed by atoms with E-state index >= 15 is 0 Å². The van der Waals surface area contributed by atoms with Crippen molar-refractivity contribution in [2.75, 3.05) is 5.73 Å². The molecule has 17 heavy (non-hydrogen) atoms. The van der Waals surface area contributed by atoms with Crippen LogP contribution in [0.4, 0.5) is 10.1 Å². The van der Waals surface area contributed by atoms with Crippen molar-refractivity contribution in [3.05, 3.63) is 35.9 Å². The molecule has 0 amide bonds. The van der Waals surface area contributed by atoms with Gasteiger partial charge in [-0.25, -0.2) is 4.39 Å². The highest BCUT2D eigenvalue weighted by molar-refractivity contribution is 5.67. The summed E-state index contributed by atoms with van der Waals surface area (Å²) in [4.78, 5) is 0. The lowest BCUT2D eigenvalue weighted by Crippen LogP contribution is -1.92. The van der Waals surface area contributed by atoms with Crippen molar-refractivity contribution in [2.45, 2.75) is 19.8 Å². The van der Waals surface area contributed by atoms with E-state index in [-0.39, 0.29) is 11.5 Å². The molecule has 2 rings (SSSR count). The monoisotopic (exact) mass is 233 g/mol. The van der Waals surface area contributed by atoms with Gasteiger partial charge in [0.1, 0.15) is 5.82 Å². The molecule has 1 aromatic carbocycles. The fraction of sp³-hybridized carbons (Fsp3) is 0.308. The summed E-state index contributed by atoms with van der Waals surface area (Å²) in [5.74, 6) is -0.381. The Bertz CT molecular complexity index is 531. The molecule has 3 nitrogen and oxygen atoms in total. The molecule has 90 valence electrons. The van der Waals surface area contributed by atoms with Gasteiger partial charge >= 0.3 is 0 Å². The van der Waals surface area contributed by atoms with Gasteiger partial charge in [-0.3, -0.25) is 4.68 Å². The summed E-state index contributed by atoms with van der Waals surface area (Å²) < 4.78 is 15.2. The molecule has 0 unspecified atom stereocenters. The van der Waals surface area contributed by atoms with Crippen LogP contribution in [-0.4, -0.2) is 9.78 Å². The predicted molar refractivity (Wildman–Crippen MR) is 67.0 cm³/mol. The number of hydrogen-bond acceptors (Lipinski definition) is 2. The molecule has 4 heteroatoms. The number of anilines is 1. The molecule has 0 atom stereocenters. The van der Waals surface area contributed by atoms with Gasteiger partial charge in [0.2, 0.25) is 0 Å². The molecule has 0 aliphatic carbocycles. The van der Waals surface area contributed by atoms with E-state index in [2.05, 4.69) is 12.0 Å². The zero-order chi connectivity index (χ0) is 12.4. The first kappa shape index (κ1) is 11.6. The predicted octanol–water partition coefficient (Wildman–Crippen LogP) is 2.76. The van der Waals surface area contributed by atoms with E-state index in [4.69, 9.17) is 5.73 Å². The number of benzene rings is 1. The number of nitrogens with two attached hydrogens (primary N) is 1. The van der Waals surface area contributed by atoms with Gasteiger partial charge in [-0.1, -0.05) is 19.4 Å². The van der Waals surface area contributed by atoms with Gasteiger partial charge in [-0.2, -0.15) is 5.10 Å². The second kappa shape index (κ2) is 4.57. The summed E-state index contributed by atoms with van der Waals surface area (Å²) in [7, 11) is 1.87. The molecule has 1 heterocycles. The fourth-order valence-electron chi connectivity index (χ4n) is 1.89. The van der Waals surface area contributed by atoms with Crippen molar-refractivity contribution in [1.82, 2.24) is 9.78 Å². The lowest BCUT2D eigenvalue weighted by Gasteiger charge is -2.03. The number of rotatable bonds is 3. The van der Waals surface area contributed by atoms with Crippen LogP contribution in [0.25, 0.3) is 11.1 Å². The Morgan fingerprint density at radius 2 is 2.18 bits per heavy atom. The molecule has 0 fully saturated rings. The van der Waals surface area contributed by atoms with Crippen LogP contribution in [-0.2, 0) is 13.5 Å². The van der Waals surface area contributed by atoms with Gasteiger partial charge in [0, 0.05) is 18.8 Å². The van der Waals surface area contributed by atoms with Crippen molar-refractivity contribution in [3.63, 3.8) is 0 Å². The van der Waals surface area contributed by atoms with Crippen molar-refractivity contribution in [3.8, 4) is 11.1 Å². The number of nitrogen functional groups attached to an aromatic ring is 1. The molecule has 0 saturated carbocycles. The molecule has 0 bridgehead atoms. The van der Waals surface area contributed by atoms with Crippen LogP contribution in [0.2, 0.25) is 0 Å². The smallest absolute Gasteiger partial charge is 0.146 e. The first-order chi connectivity index (χ1) is 8.11. The maximum Gasteiger partial charge on any atom is 0.146 e. The number of hydrogen-bond donors (Lipinski definition) is 1. The third-order valence-electron chi connectivity index (χ3n) is 2.70. The standard InChI is InChI=1S/C13H16FN3/c1-3-4-13-10(8-17(2)16-13)9-5-6-12(15)11(14)7-9/h5-8H,3-4,15H2,1-2H3. The first-order valence-corrected chi connectivity index (χ1v) is 5.69. The van der Waals surface area contributed by atoms with E-state index in [1.807, 2.05) is 19.3 Å². The Labute approximate surface area is 100 Å². The Morgan fingerprint density at radius 1 is 1.41 bits per heavy atom. The van der Waals surface area contributed by atoms with E-state index in [1.165, 1.54) is 6.07 Å². The van der Waals surface area contributed by atoms with Crippen molar-refractivity contribution in [2.24, 2.45) is 7.05 Å². The Morgan fingerprint density at radius 3 is 2.82 bits per heavy atom. The molecule has 0 saturated heterocycles. The van der Waals surface area contributed by atoms with Crippen LogP contribution in [0.1, 0.15) is 19.0 Å². The average Bonchev–Trinajstić information content (AvgIpc) is 2.64. The molecule has 1 aromatic heterocycles. The molecule has 2 N–H and O–H groups in total. The summed E-state index contributed by atoms with van der Waals surface area (Å²) in [6.07, 6.45) is 3.82. The van der Waals surface area contributed by atoms with Gasteiger partial charge in [0.25, 0.3) is 0 Å². The van der Waals surface area contributed by atoms with Crippen LogP contribution < -0.4 is 5.73 Å². The fourth-order valence-corrected chi connectivity index (χ4v) is 1.89. The Balaban J connectivity index is 2.47. The van der Waals surface area contributed by atoms with Gasteiger partial charge in [0.15, 0.2) is 0 Å². The van der Waals surface area contributed by atoms with Crippen LogP contribution in [0, 0.1) is 5.82 Å². The molecule has 0 aliphatic rings. The summed E-state index contributed by atoms with van der Waals surface area (Å²) in [5, 5.41) is 4.39. The molecule has 0 spiro atoms. The van der Waals surface area contributed by atoms with Crippen LogP contribution in [0.15, 0.2) is 24.4 Å². The van der Waals surface area contributed by atoms with Gasteiger partial charge < -0.3 is 5.73 Å². The number of aromatic nitrogens is 2. The topological polar surface area (TPSA) is 43.8 Å². The quantitative estimate of drug-likeness (QED) is 0.828. The summed E-state index contributed by atoms with van der Waals surface area (Å²) >= 11 is 0. The first-order valence-electron chi connectivity index (χ1n) is 5.69. The zero-order valence-corrected chi connectivity index (χ0v) is 10.1. The third kappa shape index (κ3) is 2.30. The van der Waals surface area contributed by atoms with E-state index in [1.54, 1.807) is 10.7 Å². The summed E-state index contributed by atoms with van der Waals surface area (Å²) in [6, 6.07) is 4.88. The SMILES string of the molecule is CCCc1nn(C)cc1-c1ccc(N)c(F)c1. The molecular formula is C13H16FN3. The number of halogens is 1. The van der Waals surface area contributed by atoms with E-state index in [0.29, 0.717) is 0 Å². The van der Waals surface area contributed by atoms with E-state index < -0.39 is 0 Å². The molecule has 2 aromatic rings. The van der Waals surface area contributed by atoms with Crippen molar-refractivity contribution in [1.29, 1.82) is 0 Å². The summed E-state index contributed by atoms with van der Waals surface area (Å²) in [6.45, 7) is 2.10. The highest BCUT2D eigenvalue weighted by Crippen LogP contribution is 2.26. The van der Waals surface area contributed by atoms with Gasteiger partial charge in [0.05, 0.1) is 11.4 Å². The second-order valence-electron chi connectivity index (χ2n) is 4.15. The Kier molecular flexibility index (Phi) is 3.13. The highest BCUT2D eigenvalue weighted by atomic mass is 19.1. The largest absolute Gasteiger partial charge is 0.396 e. The van der Waals surface area contributed by atoms with Gasteiger partial charge in [-0.15, -0.1) is 0 Å². The van der Waals surface area contributed by atoms with Gasteiger partial charge in [-0.05, 0) is 24.1 Å². The number of aryl methyl sites for hydroxylation is 2. The maximum absolute atomic E-state index is 13.4. The molecule has 0 aliphatic heterocycles. The molecular weight excluding hydrogens is 217 g/mol. The zero-order valence-electron chi connectivity index (χ0n) is 10.1. The van der Waals surface area contributed by atoms with E-state index in [9.17, 15) is 4.39 Å². The highest BCUT2D eigenvalue weighted by Gasteiger charge is 2.10. The lowest BCUT2D eigenvalue weighted by atomic mass is 10.0. The second-order valence-corrected chi connectivity index (χ2v) is 4.15. The van der Waals surface area contributed by atoms with Crippen molar-refractivity contribution >= 4 is 5.69 Å². The average molecular weight is 233 g/mol. The number of nitrogens with zero attached hydrogens (tertiary/aromatic N) is 2. The van der Waals surface area contributed by atoms with Crippen molar-refractivity contribution < 1.29 is 4.39 Å². The minimum atomic E-state index is -0.381. The van der Waals surface area contributed by atoms with E-state index in [0.717, 1.165) is 29.7 Å². The minimum absolute atomic E-state index is 0.176. The Hall–Kier alpha value is -1.84. The third-order valence-corrected chi connectivity index (χ3v) is 2.70. The van der Waals surface area contributed by atoms with Crippen LogP contribution >= 0.6 is 0 Å².